The maximum absolute atomic E-state index is 11.4. The summed E-state index contributed by atoms with van der Waals surface area (Å²) in [6.45, 7) is 6.86. The number of methoxy groups -OCH3 is 1. The highest BCUT2D eigenvalue weighted by Gasteiger charge is 2.34. The van der Waals surface area contributed by atoms with Gasteiger partial charge in [0.1, 0.15) is 11.1 Å². The summed E-state index contributed by atoms with van der Waals surface area (Å²) in [4.78, 5) is 12.6. The molecule has 1 aliphatic rings. The fraction of sp³-hybridized carbons (Fsp3) is 0.625. The third-order valence-electron chi connectivity index (χ3n) is 4.79. The molecule has 2 rings (SSSR count). The number of fused-ring (bicyclic) bond motifs is 1. The normalized spacial score (nSPS) is 17.8. The van der Waals surface area contributed by atoms with Gasteiger partial charge < -0.3 is 4.74 Å². The summed E-state index contributed by atoms with van der Waals surface area (Å²) in [6, 6.07) is 2.24. The number of carbonyl (C=O) groups excluding carboxylic acids is 1. The van der Waals surface area contributed by atoms with Gasteiger partial charge >= 0.3 is 6.09 Å². The molecule has 1 aromatic rings. The summed E-state index contributed by atoms with van der Waals surface area (Å²) < 4.78 is 4.63. The van der Waals surface area contributed by atoms with E-state index in [0.29, 0.717) is 21.9 Å². The van der Waals surface area contributed by atoms with E-state index >= 15 is 0 Å². The van der Waals surface area contributed by atoms with Crippen molar-refractivity contribution in [3.8, 4) is 6.07 Å². The molecule has 1 heterocycles. The fourth-order valence-corrected chi connectivity index (χ4v) is 4.16. The average molecular weight is 306 g/mol. The van der Waals surface area contributed by atoms with Gasteiger partial charge in [0, 0.05) is 4.88 Å². The average Bonchev–Trinajstić information content (AvgIpc) is 2.82. The Morgan fingerprint density at radius 2 is 2.29 bits per heavy atom. The number of ether oxygens (including phenoxy) is 1. The summed E-state index contributed by atoms with van der Waals surface area (Å²) in [5, 5.41) is 12.7. The molecular weight excluding hydrogens is 284 g/mol. The summed E-state index contributed by atoms with van der Waals surface area (Å²) in [5.41, 5.74) is 2.05. The highest BCUT2D eigenvalue weighted by atomic mass is 32.1. The van der Waals surface area contributed by atoms with Crippen LogP contribution in [0.15, 0.2) is 0 Å². The Bertz CT molecular complexity index is 584. The maximum Gasteiger partial charge on any atom is 0.411 e. The fourth-order valence-electron chi connectivity index (χ4n) is 2.89. The number of amides is 1. The number of rotatable bonds is 3. The first-order valence-corrected chi connectivity index (χ1v) is 8.14. The second-order valence-corrected chi connectivity index (χ2v) is 7.32. The Hall–Kier alpha value is -1.54. The molecule has 1 aromatic heterocycles. The van der Waals surface area contributed by atoms with E-state index in [-0.39, 0.29) is 0 Å². The van der Waals surface area contributed by atoms with E-state index in [1.165, 1.54) is 23.3 Å². The van der Waals surface area contributed by atoms with Crippen molar-refractivity contribution in [3.63, 3.8) is 0 Å². The van der Waals surface area contributed by atoms with Crippen LogP contribution in [-0.2, 0) is 17.6 Å². The van der Waals surface area contributed by atoms with Crippen molar-refractivity contribution in [2.45, 2.75) is 46.5 Å². The van der Waals surface area contributed by atoms with Gasteiger partial charge in [-0.1, -0.05) is 27.2 Å². The van der Waals surface area contributed by atoms with Crippen LogP contribution in [0.25, 0.3) is 0 Å². The van der Waals surface area contributed by atoms with Gasteiger partial charge in [0.2, 0.25) is 0 Å². The van der Waals surface area contributed by atoms with Gasteiger partial charge in [-0.3, -0.25) is 5.32 Å². The van der Waals surface area contributed by atoms with Gasteiger partial charge in [-0.25, -0.2) is 4.79 Å². The largest absolute Gasteiger partial charge is 0.453 e. The van der Waals surface area contributed by atoms with Crippen LogP contribution in [0.3, 0.4) is 0 Å². The molecule has 5 heteroatoms. The van der Waals surface area contributed by atoms with Crippen LogP contribution in [0.1, 0.15) is 49.6 Å². The van der Waals surface area contributed by atoms with Crippen LogP contribution in [0.4, 0.5) is 9.80 Å². The van der Waals surface area contributed by atoms with E-state index in [4.69, 9.17) is 0 Å². The minimum Gasteiger partial charge on any atom is -0.453 e. The number of nitrogens with zero attached hydrogens (tertiary/aromatic N) is 1. The number of thiophene rings is 1. The molecule has 0 spiro atoms. The van der Waals surface area contributed by atoms with Crippen molar-refractivity contribution in [1.29, 1.82) is 5.26 Å². The molecule has 4 nitrogen and oxygen atoms in total. The zero-order chi connectivity index (χ0) is 15.6. The van der Waals surface area contributed by atoms with E-state index in [1.807, 2.05) is 0 Å². The molecular formula is C16H22N2O2S. The smallest absolute Gasteiger partial charge is 0.411 e. The van der Waals surface area contributed by atoms with Gasteiger partial charge in [-0.05, 0) is 36.2 Å². The van der Waals surface area contributed by atoms with E-state index < -0.39 is 6.09 Å². The molecule has 0 bridgehead atoms. The second-order valence-electron chi connectivity index (χ2n) is 6.22. The first-order chi connectivity index (χ1) is 9.92. The lowest BCUT2D eigenvalue weighted by Gasteiger charge is -2.36. The van der Waals surface area contributed by atoms with Crippen molar-refractivity contribution in [3.05, 3.63) is 16.0 Å². The number of nitrogens with one attached hydrogen (secondary N) is 1. The predicted octanol–water partition coefficient (Wildman–Crippen LogP) is 4.34. The minimum absolute atomic E-state index is 0.310. The Kier molecular flexibility index (Phi) is 4.58. The molecule has 1 amide bonds. The van der Waals surface area contributed by atoms with Gasteiger partial charge in [-0.15, -0.1) is 11.3 Å². The van der Waals surface area contributed by atoms with Crippen molar-refractivity contribution >= 4 is 22.4 Å². The Balaban J connectivity index is 2.29. The SMILES string of the molecule is CCC(C)(C)[C@H]1CCc2c(sc(NC(=O)OC)c2C#N)C1. The van der Waals surface area contributed by atoms with Gasteiger partial charge in [0.25, 0.3) is 0 Å². The molecule has 0 radical (unpaired) electrons. The monoisotopic (exact) mass is 306 g/mol. The zero-order valence-corrected chi connectivity index (χ0v) is 13.9. The van der Waals surface area contributed by atoms with E-state index in [1.54, 1.807) is 0 Å². The molecule has 0 aromatic carbocycles. The molecule has 1 atom stereocenters. The number of nitriles is 1. The van der Waals surface area contributed by atoms with Crippen LogP contribution < -0.4 is 5.32 Å². The second kappa shape index (κ2) is 6.07. The lowest BCUT2D eigenvalue weighted by atomic mass is 9.69. The molecule has 0 saturated carbocycles. The Morgan fingerprint density at radius 1 is 1.57 bits per heavy atom. The van der Waals surface area contributed by atoms with Crippen molar-refractivity contribution in [2.75, 3.05) is 12.4 Å². The van der Waals surface area contributed by atoms with Crippen molar-refractivity contribution in [2.24, 2.45) is 11.3 Å². The molecule has 0 aliphatic heterocycles. The standard InChI is InChI=1S/C16H22N2O2S/c1-5-16(2,3)10-6-7-11-12(9-17)14(18-15(19)20-4)21-13(11)8-10/h10H,5-8H2,1-4H3,(H,18,19)/t10-/m0/s1. The van der Waals surface area contributed by atoms with Crippen LogP contribution >= 0.6 is 11.3 Å². The van der Waals surface area contributed by atoms with E-state index in [9.17, 15) is 10.1 Å². The van der Waals surface area contributed by atoms with Crippen LogP contribution in [0.5, 0.6) is 0 Å². The van der Waals surface area contributed by atoms with Gasteiger partial charge in [0.15, 0.2) is 0 Å². The molecule has 0 fully saturated rings. The van der Waals surface area contributed by atoms with Crippen LogP contribution in [-0.4, -0.2) is 13.2 Å². The summed E-state index contributed by atoms with van der Waals surface area (Å²) >= 11 is 1.53. The lowest BCUT2D eigenvalue weighted by molar-refractivity contribution is 0.184. The van der Waals surface area contributed by atoms with E-state index in [2.05, 4.69) is 36.9 Å². The number of carbonyl (C=O) groups is 1. The molecule has 114 valence electrons. The molecule has 1 aliphatic carbocycles. The number of hydrogen-bond donors (Lipinski definition) is 1. The third-order valence-corrected chi connectivity index (χ3v) is 5.96. The number of hydrogen-bond acceptors (Lipinski definition) is 4. The Labute approximate surface area is 130 Å². The molecule has 1 N–H and O–H groups in total. The minimum atomic E-state index is -0.518. The first-order valence-electron chi connectivity index (χ1n) is 7.32. The highest BCUT2D eigenvalue weighted by molar-refractivity contribution is 7.16. The Morgan fingerprint density at radius 3 is 2.86 bits per heavy atom. The van der Waals surface area contributed by atoms with Crippen LogP contribution in [0, 0.1) is 22.7 Å². The quantitative estimate of drug-likeness (QED) is 0.903. The first kappa shape index (κ1) is 15.8. The van der Waals surface area contributed by atoms with E-state index in [0.717, 1.165) is 31.2 Å². The topological polar surface area (TPSA) is 62.1 Å². The highest BCUT2D eigenvalue weighted by Crippen LogP contribution is 2.45. The third kappa shape index (κ3) is 3.06. The summed E-state index contributed by atoms with van der Waals surface area (Å²) in [5.74, 6) is 0.631. The van der Waals surface area contributed by atoms with Gasteiger partial charge in [0.05, 0.1) is 12.7 Å². The molecule has 21 heavy (non-hydrogen) atoms. The lowest BCUT2D eigenvalue weighted by Crippen LogP contribution is -2.28. The summed E-state index contributed by atoms with van der Waals surface area (Å²) in [6.07, 6.45) is 3.66. The van der Waals surface area contributed by atoms with Crippen LogP contribution in [0.2, 0.25) is 0 Å². The molecule has 0 saturated heterocycles. The zero-order valence-electron chi connectivity index (χ0n) is 13.1. The van der Waals surface area contributed by atoms with Crippen molar-refractivity contribution in [1.82, 2.24) is 0 Å². The maximum atomic E-state index is 11.4. The van der Waals surface area contributed by atoms with Crippen molar-refractivity contribution < 1.29 is 9.53 Å². The molecule has 0 unspecified atom stereocenters. The van der Waals surface area contributed by atoms with Gasteiger partial charge in [-0.2, -0.15) is 5.26 Å². The predicted molar refractivity (Wildman–Crippen MR) is 84.6 cm³/mol. The number of anilines is 1. The summed E-state index contributed by atoms with van der Waals surface area (Å²) in [7, 11) is 1.33.